The molecule has 1 atom stereocenters. The van der Waals surface area contributed by atoms with Gasteiger partial charge in [0.05, 0.1) is 29.0 Å². The lowest BCUT2D eigenvalue weighted by molar-refractivity contribution is -0.384. The molecule has 1 saturated heterocycles. The summed E-state index contributed by atoms with van der Waals surface area (Å²) in [6.07, 6.45) is 3.28. The SMILES string of the molecule is CCc1ccc(N=c2scc(-c3ccc([N+](=O)[O-])cc3)n2CC2CCCO2)cc1. The van der Waals surface area contributed by atoms with Crippen molar-refractivity contribution in [3.05, 3.63) is 74.4 Å². The summed E-state index contributed by atoms with van der Waals surface area (Å²) in [5.41, 5.74) is 4.24. The van der Waals surface area contributed by atoms with Crippen molar-refractivity contribution in [2.24, 2.45) is 4.99 Å². The second-order valence-corrected chi connectivity index (χ2v) is 7.92. The molecule has 2 aromatic carbocycles. The van der Waals surface area contributed by atoms with Crippen LogP contribution in [0.15, 0.2) is 58.9 Å². The van der Waals surface area contributed by atoms with Crippen molar-refractivity contribution in [2.75, 3.05) is 6.61 Å². The number of rotatable bonds is 6. The van der Waals surface area contributed by atoms with Gasteiger partial charge in [0.15, 0.2) is 4.80 Å². The molecule has 0 bridgehead atoms. The second kappa shape index (κ2) is 8.71. The lowest BCUT2D eigenvalue weighted by Crippen LogP contribution is -2.24. The van der Waals surface area contributed by atoms with Gasteiger partial charge in [-0.2, -0.15) is 0 Å². The Labute approximate surface area is 173 Å². The highest BCUT2D eigenvalue weighted by molar-refractivity contribution is 7.07. The molecule has 150 valence electrons. The average molecular weight is 410 g/mol. The molecule has 3 aromatic rings. The Morgan fingerprint density at radius 1 is 1.21 bits per heavy atom. The van der Waals surface area contributed by atoms with Crippen LogP contribution in [-0.4, -0.2) is 22.2 Å². The summed E-state index contributed by atoms with van der Waals surface area (Å²) in [7, 11) is 0. The maximum atomic E-state index is 11.0. The van der Waals surface area contributed by atoms with E-state index in [0.29, 0.717) is 0 Å². The van der Waals surface area contributed by atoms with Gasteiger partial charge in [-0.15, -0.1) is 11.3 Å². The van der Waals surface area contributed by atoms with Crippen LogP contribution in [0.4, 0.5) is 11.4 Å². The number of nitro groups is 1. The molecule has 0 saturated carbocycles. The molecular weight excluding hydrogens is 386 g/mol. The molecule has 2 heterocycles. The number of benzene rings is 2. The van der Waals surface area contributed by atoms with Gasteiger partial charge in [0.2, 0.25) is 0 Å². The minimum atomic E-state index is -0.376. The summed E-state index contributed by atoms with van der Waals surface area (Å²) in [5, 5.41) is 13.0. The van der Waals surface area contributed by atoms with E-state index < -0.39 is 0 Å². The Morgan fingerprint density at radius 2 is 1.97 bits per heavy atom. The molecule has 0 N–H and O–H groups in total. The van der Waals surface area contributed by atoms with Crippen LogP contribution in [0.1, 0.15) is 25.3 Å². The van der Waals surface area contributed by atoms with Gasteiger partial charge in [-0.1, -0.05) is 19.1 Å². The van der Waals surface area contributed by atoms with Gasteiger partial charge >= 0.3 is 0 Å². The number of nitrogens with zero attached hydrogens (tertiary/aromatic N) is 3. The molecular formula is C22H23N3O3S. The number of ether oxygens (including phenoxy) is 1. The highest BCUT2D eigenvalue weighted by atomic mass is 32.1. The zero-order valence-corrected chi connectivity index (χ0v) is 17.1. The van der Waals surface area contributed by atoms with E-state index in [1.165, 1.54) is 5.56 Å². The van der Waals surface area contributed by atoms with Gasteiger partial charge in [-0.25, -0.2) is 4.99 Å². The van der Waals surface area contributed by atoms with Crippen LogP contribution < -0.4 is 4.80 Å². The fraction of sp³-hybridized carbons (Fsp3) is 0.318. The van der Waals surface area contributed by atoms with E-state index in [1.807, 2.05) is 12.1 Å². The number of aryl methyl sites for hydroxylation is 1. The van der Waals surface area contributed by atoms with Crippen molar-refractivity contribution in [2.45, 2.75) is 38.8 Å². The molecule has 0 aliphatic carbocycles. The fourth-order valence-electron chi connectivity index (χ4n) is 3.49. The summed E-state index contributed by atoms with van der Waals surface area (Å²) >= 11 is 1.58. The normalized spacial score (nSPS) is 17.0. The largest absolute Gasteiger partial charge is 0.376 e. The third-order valence-electron chi connectivity index (χ3n) is 5.15. The number of hydrogen-bond donors (Lipinski definition) is 0. The van der Waals surface area contributed by atoms with Crippen LogP contribution in [0.25, 0.3) is 11.3 Å². The average Bonchev–Trinajstić information content (AvgIpc) is 3.40. The van der Waals surface area contributed by atoms with E-state index in [4.69, 9.17) is 9.73 Å². The summed E-state index contributed by atoms with van der Waals surface area (Å²) in [6, 6.07) is 15.0. The summed E-state index contributed by atoms with van der Waals surface area (Å²) in [4.78, 5) is 16.4. The van der Waals surface area contributed by atoms with E-state index in [2.05, 4.69) is 29.0 Å². The fourth-order valence-corrected chi connectivity index (χ4v) is 4.43. The monoisotopic (exact) mass is 409 g/mol. The molecule has 0 amide bonds. The smallest absolute Gasteiger partial charge is 0.269 e. The minimum absolute atomic E-state index is 0.0931. The van der Waals surface area contributed by atoms with Crippen LogP contribution in [0.5, 0.6) is 0 Å². The molecule has 1 aliphatic rings. The van der Waals surface area contributed by atoms with Crippen molar-refractivity contribution in [1.29, 1.82) is 0 Å². The molecule has 1 fully saturated rings. The zero-order valence-electron chi connectivity index (χ0n) is 16.3. The number of aromatic nitrogens is 1. The zero-order chi connectivity index (χ0) is 20.2. The van der Waals surface area contributed by atoms with Gasteiger partial charge in [-0.05, 0) is 54.7 Å². The van der Waals surface area contributed by atoms with Crippen LogP contribution in [0.2, 0.25) is 0 Å². The Bertz CT molecular complexity index is 1050. The Kier molecular flexibility index (Phi) is 5.87. The first-order valence-corrected chi connectivity index (χ1v) is 10.7. The van der Waals surface area contributed by atoms with Crippen molar-refractivity contribution >= 4 is 22.7 Å². The summed E-state index contributed by atoms with van der Waals surface area (Å²) in [6.45, 7) is 3.66. The van der Waals surface area contributed by atoms with E-state index in [0.717, 1.165) is 54.2 Å². The summed E-state index contributed by atoms with van der Waals surface area (Å²) < 4.78 is 8.03. The van der Waals surface area contributed by atoms with Gasteiger partial charge in [0.25, 0.3) is 5.69 Å². The predicted molar refractivity (Wildman–Crippen MR) is 114 cm³/mol. The third kappa shape index (κ3) is 4.46. The predicted octanol–water partition coefficient (Wildman–Crippen LogP) is 5.10. The Morgan fingerprint density at radius 3 is 2.59 bits per heavy atom. The topological polar surface area (TPSA) is 69.7 Å². The van der Waals surface area contributed by atoms with Gasteiger partial charge < -0.3 is 9.30 Å². The first kappa shape index (κ1) is 19.5. The highest BCUT2D eigenvalue weighted by Crippen LogP contribution is 2.25. The van der Waals surface area contributed by atoms with Crippen molar-refractivity contribution in [1.82, 2.24) is 4.57 Å². The van der Waals surface area contributed by atoms with Gasteiger partial charge in [0.1, 0.15) is 0 Å². The number of non-ortho nitro benzene ring substituents is 1. The maximum Gasteiger partial charge on any atom is 0.269 e. The molecule has 1 aliphatic heterocycles. The standard InChI is InChI=1S/C22H23N3O3S/c1-2-16-5-9-18(10-6-16)23-22-24(14-20-4-3-13-28-20)21(15-29-22)17-7-11-19(12-8-17)25(26)27/h5-12,15,20H,2-4,13-14H2,1H3. The van der Waals surface area contributed by atoms with Crippen molar-refractivity contribution in [3.63, 3.8) is 0 Å². The van der Waals surface area contributed by atoms with Crippen molar-refractivity contribution < 1.29 is 9.66 Å². The molecule has 1 aromatic heterocycles. The second-order valence-electron chi connectivity index (χ2n) is 7.08. The van der Waals surface area contributed by atoms with Crippen molar-refractivity contribution in [3.8, 4) is 11.3 Å². The highest BCUT2D eigenvalue weighted by Gasteiger charge is 2.19. The molecule has 29 heavy (non-hydrogen) atoms. The molecule has 0 radical (unpaired) electrons. The van der Waals surface area contributed by atoms with Crippen LogP contribution in [-0.2, 0) is 17.7 Å². The Balaban J connectivity index is 1.74. The van der Waals surface area contributed by atoms with Crippen LogP contribution in [0.3, 0.4) is 0 Å². The third-order valence-corrected chi connectivity index (χ3v) is 6.01. The van der Waals surface area contributed by atoms with Crippen LogP contribution >= 0.6 is 11.3 Å². The maximum absolute atomic E-state index is 11.0. The molecule has 0 spiro atoms. The number of hydrogen-bond acceptors (Lipinski definition) is 5. The van der Waals surface area contributed by atoms with E-state index in [9.17, 15) is 10.1 Å². The molecule has 7 heteroatoms. The van der Waals surface area contributed by atoms with E-state index >= 15 is 0 Å². The summed E-state index contributed by atoms with van der Waals surface area (Å²) in [5.74, 6) is 0. The number of thiazole rings is 1. The molecule has 4 rings (SSSR count). The Hall–Kier alpha value is -2.77. The van der Waals surface area contributed by atoms with E-state index in [-0.39, 0.29) is 16.7 Å². The van der Waals surface area contributed by atoms with Gasteiger partial charge in [-0.3, -0.25) is 10.1 Å². The minimum Gasteiger partial charge on any atom is -0.376 e. The first-order chi connectivity index (χ1) is 14.1. The molecule has 6 nitrogen and oxygen atoms in total. The lowest BCUT2D eigenvalue weighted by Gasteiger charge is -2.14. The number of nitro benzene ring substituents is 1. The first-order valence-electron chi connectivity index (χ1n) is 9.82. The quantitative estimate of drug-likeness (QED) is 0.420. The molecule has 1 unspecified atom stereocenters. The van der Waals surface area contributed by atoms with E-state index in [1.54, 1.807) is 35.6 Å². The van der Waals surface area contributed by atoms with Crippen LogP contribution in [0, 0.1) is 10.1 Å². The van der Waals surface area contributed by atoms with Gasteiger partial charge in [0, 0.05) is 24.1 Å². The lowest BCUT2D eigenvalue weighted by atomic mass is 10.1.